The summed E-state index contributed by atoms with van der Waals surface area (Å²) in [5, 5.41) is 10.4. The number of halogens is 1. The van der Waals surface area contributed by atoms with Crippen molar-refractivity contribution in [1.29, 1.82) is 0 Å². The molecule has 3 aromatic rings. The number of fused-ring (bicyclic) bond motifs is 2. The second-order valence-corrected chi connectivity index (χ2v) is 7.87. The Morgan fingerprint density at radius 2 is 2.08 bits per heavy atom. The predicted octanol–water partition coefficient (Wildman–Crippen LogP) is 3.27. The minimum Gasteiger partial charge on any atom is -0.388 e. The number of aliphatic hydroxyl groups is 1. The highest BCUT2D eigenvalue weighted by molar-refractivity contribution is 7.14. The Morgan fingerprint density at radius 3 is 2.81 bits per heavy atom. The molecule has 3 heterocycles. The van der Waals surface area contributed by atoms with E-state index < -0.39 is 6.61 Å². The lowest BCUT2D eigenvalue weighted by molar-refractivity contribution is 0.0728. The number of thiophene rings is 1. The number of hydrogen-bond acceptors (Lipinski definition) is 4. The van der Waals surface area contributed by atoms with Gasteiger partial charge in [-0.1, -0.05) is 29.8 Å². The highest BCUT2D eigenvalue weighted by atomic mass is 35.5. The van der Waals surface area contributed by atoms with Crippen LogP contribution in [0.15, 0.2) is 30.3 Å². The van der Waals surface area contributed by atoms with Crippen molar-refractivity contribution in [3.8, 4) is 0 Å². The quantitative estimate of drug-likeness (QED) is 0.700. The molecule has 2 aromatic heterocycles. The number of ketones is 1. The standard InChI is InChI=1S/C19H17ClN2O3S/c1-21-13-5-3-2-4-12(13)17(20)18(21)19(25)22-7-6-11-8-15(14(24)10-23)26-16(11)9-22/h2-5,8,23H,6-7,9-10H2,1H3. The summed E-state index contributed by atoms with van der Waals surface area (Å²) in [6, 6.07) is 9.52. The number of Topliss-reactive ketones (excluding diaryl/α,β-unsaturated/α-hetero) is 1. The van der Waals surface area contributed by atoms with E-state index in [1.807, 2.05) is 41.9 Å². The van der Waals surface area contributed by atoms with Crippen molar-refractivity contribution >= 4 is 45.5 Å². The largest absolute Gasteiger partial charge is 0.388 e. The van der Waals surface area contributed by atoms with Crippen molar-refractivity contribution < 1.29 is 14.7 Å². The molecule has 1 aliphatic rings. The Labute approximate surface area is 159 Å². The molecule has 0 spiro atoms. The number of amides is 1. The van der Waals surface area contributed by atoms with Crippen LogP contribution < -0.4 is 0 Å². The normalized spacial score (nSPS) is 13.9. The van der Waals surface area contributed by atoms with E-state index in [0.29, 0.717) is 35.1 Å². The smallest absolute Gasteiger partial charge is 0.272 e. The molecule has 0 unspecified atom stereocenters. The van der Waals surface area contributed by atoms with E-state index in [0.717, 1.165) is 21.3 Å². The lowest BCUT2D eigenvalue weighted by Crippen LogP contribution is -2.36. The summed E-state index contributed by atoms with van der Waals surface area (Å²) in [5.74, 6) is -0.387. The molecule has 1 N–H and O–H groups in total. The van der Waals surface area contributed by atoms with Crippen LogP contribution in [0.25, 0.3) is 10.9 Å². The average Bonchev–Trinajstić information content (AvgIpc) is 3.20. The van der Waals surface area contributed by atoms with E-state index in [1.54, 1.807) is 4.90 Å². The molecule has 0 bridgehead atoms. The molecule has 0 aliphatic carbocycles. The number of para-hydroxylation sites is 1. The fraction of sp³-hybridized carbons (Fsp3) is 0.263. The van der Waals surface area contributed by atoms with Gasteiger partial charge in [0, 0.05) is 29.4 Å². The molecule has 7 heteroatoms. The maximum atomic E-state index is 13.1. The molecule has 1 amide bonds. The van der Waals surface area contributed by atoms with Crippen molar-refractivity contribution in [2.24, 2.45) is 7.05 Å². The summed E-state index contributed by atoms with van der Waals surface area (Å²) in [6.45, 7) is 0.538. The van der Waals surface area contributed by atoms with Crippen LogP contribution in [0, 0.1) is 0 Å². The summed E-state index contributed by atoms with van der Waals surface area (Å²) in [6.07, 6.45) is 0.692. The number of hydrogen-bond donors (Lipinski definition) is 1. The fourth-order valence-corrected chi connectivity index (χ4v) is 4.97. The number of carbonyl (C=O) groups excluding carboxylic acids is 2. The van der Waals surface area contributed by atoms with E-state index in [9.17, 15) is 9.59 Å². The summed E-state index contributed by atoms with van der Waals surface area (Å²) >= 11 is 7.86. The number of rotatable bonds is 3. The Hall–Kier alpha value is -2.15. The maximum absolute atomic E-state index is 13.1. The van der Waals surface area contributed by atoms with Crippen molar-refractivity contribution in [2.75, 3.05) is 13.2 Å². The van der Waals surface area contributed by atoms with Crippen molar-refractivity contribution in [1.82, 2.24) is 9.47 Å². The first-order chi connectivity index (χ1) is 12.5. The van der Waals surface area contributed by atoms with Gasteiger partial charge in [-0.15, -0.1) is 11.3 Å². The van der Waals surface area contributed by atoms with Crippen LogP contribution in [0.5, 0.6) is 0 Å². The second-order valence-electron chi connectivity index (χ2n) is 6.36. The van der Waals surface area contributed by atoms with Crippen LogP contribution in [0.2, 0.25) is 5.02 Å². The Bertz CT molecular complexity index is 998. The first kappa shape index (κ1) is 17.3. The Morgan fingerprint density at radius 1 is 1.31 bits per heavy atom. The van der Waals surface area contributed by atoms with Gasteiger partial charge < -0.3 is 14.6 Å². The highest BCUT2D eigenvalue weighted by Crippen LogP contribution is 2.33. The summed E-state index contributed by atoms with van der Waals surface area (Å²) in [4.78, 5) is 28.2. The molecule has 0 fully saturated rings. The van der Waals surface area contributed by atoms with E-state index in [2.05, 4.69) is 0 Å². The third-order valence-electron chi connectivity index (χ3n) is 4.84. The van der Waals surface area contributed by atoms with Gasteiger partial charge in [0.15, 0.2) is 5.78 Å². The van der Waals surface area contributed by atoms with Crippen molar-refractivity contribution in [3.63, 3.8) is 0 Å². The highest BCUT2D eigenvalue weighted by Gasteiger charge is 2.28. The molecule has 0 radical (unpaired) electrons. The zero-order valence-electron chi connectivity index (χ0n) is 14.2. The van der Waals surface area contributed by atoms with Gasteiger partial charge in [-0.25, -0.2) is 0 Å². The van der Waals surface area contributed by atoms with E-state index in [4.69, 9.17) is 16.7 Å². The molecule has 26 heavy (non-hydrogen) atoms. The first-order valence-corrected chi connectivity index (χ1v) is 9.48. The van der Waals surface area contributed by atoms with Crippen LogP contribution in [0.4, 0.5) is 0 Å². The molecule has 134 valence electrons. The second kappa shape index (κ2) is 6.54. The van der Waals surface area contributed by atoms with Gasteiger partial charge in [-0.2, -0.15) is 0 Å². The molecule has 1 aliphatic heterocycles. The van der Waals surface area contributed by atoms with E-state index in [1.165, 1.54) is 11.3 Å². The van der Waals surface area contributed by atoms with Crippen molar-refractivity contribution in [3.05, 3.63) is 56.4 Å². The van der Waals surface area contributed by atoms with Crippen LogP contribution in [0.3, 0.4) is 0 Å². The molecular formula is C19H17ClN2O3S. The van der Waals surface area contributed by atoms with Gasteiger partial charge in [0.2, 0.25) is 0 Å². The van der Waals surface area contributed by atoms with Gasteiger partial charge in [0.25, 0.3) is 5.91 Å². The van der Waals surface area contributed by atoms with E-state index >= 15 is 0 Å². The third-order valence-corrected chi connectivity index (χ3v) is 6.42. The summed E-state index contributed by atoms with van der Waals surface area (Å²) in [7, 11) is 1.85. The summed E-state index contributed by atoms with van der Waals surface area (Å²) < 4.78 is 1.84. The Kier molecular flexibility index (Phi) is 4.34. The number of aryl methyl sites for hydroxylation is 1. The average molecular weight is 389 g/mol. The molecule has 0 saturated heterocycles. The molecule has 0 atom stereocenters. The van der Waals surface area contributed by atoms with Gasteiger partial charge in [-0.3, -0.25) is 9.59 Å². The van der Waals surface area contributed by atoms with Gasteiger partial charge in [0.05, 0.1) is 16.4 Å². The van der Waals surface area contributed by atoms with Crippen LogP contribution in [0.1, 0.15) is 30.6 Å². The number of aromatic nitrogens is 1. The third kappa shape index (κ3) is 2.65. The number of aliphatic hydroxyl groups excluding tert-OH is 1. The predicted molar refractivity (Wildman–Crippen MR) is 102 cm³/mol. The van der Waals surface area contributed by atoms with Gasteiger partial charge in [0.1, 0.15) is 12.3 Å². The maximum Gasteiger partial charge on any atom is 0.272 e. The number of carbonyl (C=O) groups is 2. The van der Waals surface area contributed by atoms with Crippen LogP contribution in [-0.4, -0.2) is 39.4 Å². The topological polar surface area (TPSA) is 62.5 Å². The summed E-state index contributed by atoms with van der Waals surface area (Å²) in [5.41, 5.74) is 2.49. The van der Waals surface area contributed by atoms with E-state index in [-0.39, 0.29) is 11.7 Å². The zero-order valence-corrected chi connectivity index (χ0v) is 15.7. The lowest BCUT2D eigenvalue weighted by atomic mass is 10.1. The Balaban J connectivity index is 1.66. The van der Waals surface area contributed by atoms with Crippen molar-refractivity contribution in [2.45, 2.75) is 13.0 Å². The zero-order chi connectivity index (χ0) is 18.4. The van der Waals surface area contributed by atoms with Crippen LogP contribution in [-0.2, 0) is 20.0 Å². The molecule has 4 rings (SSSR count). The first-order valence-electron chi connectivity index (χ1n) is 8.29. The van der Waals surface area contributed by atoms with Gasteiger partial charge in [-0.05, 0) is 24.1 Å². The van der Waals surface area contributed by atoms with Gasteiger partial charge >= 0.3 is 0 Å². The monoisotopic (exact) mass is 388 g/mol. The van der Waals surface area contributed by atoms with Crippen LogP contribution >= 0.6 is 22.9 Å². The molecule has 5 nitrogen and oxygen atoms in total. The molecule has 0 saturated carbocycles. The number of benzene rings is 1. The SMILES string of the molecule is Cn1c(C(=O)N2CCc3cc(C(=O)CO)sc3C2)c(Cl)c2ccccc21. The lowest BCUT2D eigenvalue weighted by Gasteiger charge is -2.27. The number of nitrogens with zero attached hydrogens (tertiary/aromatic N) is 2. The fourth-order valence-electron chi connectivity index (χ4n) is 3.44. The molecule has 1 aromatic carbocycles. The minimum absolute atomic E-state index is 0.109. The molecular weight excluding hydrogens is 372 g/mol. The minimum atomic E-state index is -0.492.